The summed E-state index contributed by atoms with van der Waals surface area (Å²) in [6.07, 6.45) is 2.31. The normalized spacial score (nSPS) is 11.9. The van der Waals surface area contributed by atoms with Crippen LogP contribution in [-0.4, -0.2) is 36.8 Å². The molecular formula is C19H21ClN6O2S2. The molecule has 0 spiro atoms. The van der Waals surface area contributed by atoms with Gasteiger partial charge in [0.1, 0.15) is 5.82 Å². The Hall–Kier alpha value is -2.43. The fourth-order valence-corrected chi connectivity index (χ4v) is 4.03. The lowest BCUT2D eigenvalue weighted by atomic mass is 10.2. The molecule has 0 saturated heterocycles. The summed E-state index contributed by atoms with van der Waals surface area (Å²) in [6.45, 7) is 3.70. The number of halogens is 1. The van der Waals surface area contributed by atoms with Crippen molar-refractivity contribution in [2.24, 2.45) is 7.05 Å². The number of carbonyl (C=O) groups is 2. The first-order chi connectivity index (χ1) is 14.3. The number of hydrogen-bond acceptors (Lipinski definition) is 7. The fourth-order valence-electron chi connectivity index (χ4n) is 2.49. The number of amides is 2. The average molecular weight is 465 g/mol. The zero-order chi connectivity index (χ0) is 21.7. The van der Waals surface area contributed by atoms with E-state index in [-0.39, 0.29) is 23.5 Å². The quantitative estimate of drug-likeness (QED) is 0.490. The van der Waals surface area contributed by atoms with Gasteiger partial charge in [0.2, 0.25) is 11.8 Å². The van der Waals surface area contributed by atoms with Crippen molar-refractivity contribution >= 4 is 57.3 Å². The van der Waals surface area contributed by atoms with Gasteiger partial charge in [0.05, 0.1) is 5.25 Å². The molecule has 1 atom stereocenters. The number of nitrogens with zero attached hydrogens (tertiary/aromatic N) is 4. The molecule has 0 radical (unpaired) electrons. The standard InChI is InChI=1S/C19H21ClN6O2S2/c1-11-4-5-13(10-14(11)20)22-16(27)7-6-15-24-25-19(26(15)3)30-12(2)17(28)23-18-21-8-9-29-18/h4-5,8-10,12H,6-7H2,1-3H3,(H,22,27)(H,21,23,28)/t12-/m0/s1. The molecule has 11 heteroatoms. The number of thioether (sulfide) groups is 1. The summed E-state index contributed by atoms with van der Waals surface area (Å²) in [6, 6.07) is 5.40. The predicted molar refractivity (Wildman–Crippen MR) is 120 cm³/mol. The molecule has 0 unspecified atom stereocenters. The highest BCUT2D eigenvalue weighted by Gasteiger charge is 2.20. The van der Waals surface area contributed by atoms with Crippen LogP contribution in [0, 0.1) is 6.92 Å². The van der Waals surface area contributed by atoms with Gasteiger partial charge in [-0.05, 0) is 31.5 Å². The lowest BCUT2D eigenvalue weighted by Gasteiger charge is -2.10. The summed E-state index contributed by atoms with van der Waals surface area (Å²) in [5.41, 5.74) is 1.61. The highest BCUT2D eigenvalue weighted by Crippen LogP contribution is 2.24. The van der Waals surface area contributed by atoms with Crippen LogP contribution < -0.4 is 10.6 Å². The van der Waals surface area contributed by atoms with E-state index in [0.29, 0.717) is 33.2 Å². The van der Waals surface area contributed by atoms with Crippen molar-refractivity contribution in [3.63, 3.8) is 0 Å². The lowest BCUT2D eigenvalue weighted by molar-refractivity contribution is -0.116. The molecule has 1 aromatic carbocycles. The minimum atomic E-state index is -0.376. The number of aryl methyl sites for hydroxylation is 2. The maximum absolute atomic E-state index is 12.3. The molecule has 30 heavy (non-hydrogen) atoms. The Morgan fingerprint density at radius 1 is 1.30 bits per heavy atom. The number of aromatic nitrogens is 4. The van der Waals surface area contributed by atoms with Crippen molar-refractivity contribution in [1.82, 2.24) is 19.7 Å². The van der Waals surface area contributed by atoms with Crippen molar-refractivity contribution in [2.45, 2.75) is 37.1 Å². The molecule has 3 rings (SSSR count). The largest absolute Gasteiger partial charge is 0.326 e. The van der Waals surface area contributed by atoms with E-state index in [9.17, 15) is 9.59 Å². The number of benzene rings is 1. The molecule has 158 valence electrons. The fraction of sp³-hybridized carbons (Fsp3) is 0.316. The third kappa shape index (κ3) is 5.80. The zero-order valence-electron chi connectivity index (χ0n) is 16.7. The Morgan fingerprint density at radius 2 is 2.10 bits per heavy atom. The van der Waals surface area contributed by atoms with Gasteiger partial charge in [0.15, 0.2) is 10.3 Å². The monoisotopic (exact) mass is 464 g/mol. The number of anilines is 2. The van der Waals surface area contributed by atoms with Crippen molar-refractivity contribution in [3.8, 4) is 0 Å². The van der Waals surface area contributed by atoms with E-state index in [1.54, 1.807) is 29.1 Å². The third-order valence-corrected chi connectivity index (χ3v) is 6.50. The topological polar surface area (TPSA) is 102 Å². The molecule has 2 amide bonds. The lowest BCUT2D eigenvalue weighted by Crippen LogP contribution is -2.22. The molecular weight excluding hydrogens is 444 g/mol. The number of rotatable bonds is 8. The molecule has 2 heterocycles. The van der Waals surface area contributed by atoms with E-state index < -0.39 is 0 Å². The van der Waals surface area contributed by atoms with E-state index >= 15 is 0 Å². The van der Waals surface area contributed by atoms with Gasteiger partial charge in [-0.15, -0.1) is 21.5 Å². The summed E-state index contributed by atoms with van der Waals surface area (Å²) >= 11 is 8.75. The van der Waals surface area contributed by atoms with Gasteiger partial charge in [0.25, 0.3) is 0 Å². The summed E-state index contributed by atoms with van der Waals surface area (Å²) < 4.78 is 1.80. The van der Waals surface area contributed by atoms with Crippen LogP contribution in [0.5, 0.6) is 0 Å². The second-order valence-corrected chi connectivity index (χ2v) is 9.17. The van der Waals surface area contributed by atoms with E-state index in [2.05, 4.69) is 25.8 Å². The van der Waals surface area contributed by atoms with E-state index in [4.69, 9.17) is 11.6 Å². The van der Waals surface area contributed by atoms with Crippen LogP contribution in [-0.2, 0) is 23.1 Å². The van der Waals surface area contributed by atoms with Gasteiger partial charge in [-0.2, -0.15) is 0 Å². The Labute approximate surface area is 187 Å². The third-order valence-electron chi connectivity index (χ3n) is 4.27. The first-order valence-electron chi connectivity index (χ1n) is 9.14. The first kappa shape index (κ1) is 22.3. The van der Waals surface area contributed by atoms with Crippen molar-refractivity contribution in [3.05, 3.63) is 46.2 Å². The van der Waals surface area contributed by atoms with Crippen LogP contribution in [0.2, 0.25) is 5.02 Å². The van der Waals surface area contributed by atoms with Crippen LogP contribution in [0.1, 0.15) is 24.7 Å². The molecule has 0 aliphatic carbocycles. The van der Waals surface area contributed by atoms with Crippen LogP contribution in [0.4, 0.5) is 10.8 Å². The maximum Gasteiger partial charge on any atom is 0.239 e. The van der Waals surface area contributed by atoms with E-state index in [0.717, 1.165) is 5.56 Å². The molecule has 0 fully saturated rings. The van der Waals surface area contributed by atoms with Gasteiger partial charge >= 0.3 is 0 Å². The SMILES string of the molecule is Cc1ccc(NC(=O)CCc2nnc(S[C@@H](C)C(=O)Nc3nccs3)n2C)cc1Cl. The van der Waals surface area contributed by atoms with Crippen molar-refractivity contribution in [1.29, 1.82) is 0 Å². The molecule has 3 aromatic rings. The molecule has 0 aliphatic rings. The van der Waals surface area contributed by atoms with Gasteiger partial charge < -0.3 is 15.2 Å². The minimum absolute atomic E-state index is 0.136. The van der Waals surface area contributed by atoms with Gasteiger partial charge in [-0.3, -0.25) is 9.59 Å². The van der Waals surface area contributed by atoms with Gasteiger partial charge in [-0.1, -0.05) is 29.4 Å². The van der Waals surface area contributed by atoms with Crippen LogP contribution in [0.25, 0.3) is 0 Å². The highest BCUT2D eigenvalue weighted by molar-refractivity contribution is 8.00. The predicted octanol–water partition coefficient (Wildman–Crippen LogP) is 3.92. The molecule has 0 bridgehead atoms. The van der Waals surface area contributed by atoms with Crippen molar-refractivity contribution < 1.29 is 9.59 Å². The van der Waals surface area contributed by atoms with Crippen LogP contribution in [0.15, 0.2) is 34.9 Å². The maximum atomic E-state index is 12.3. The van der Waals surface area contributed by atoms with E-state index in [1.165, 1.54) is 23.1 Å². The second-order valence-electron chi connectivity index (χ2n) is 6.56. The van der Waals surface area contributed by atoms with Crippen LogP contribution >= 0.6 is 34.7 Å². The smallest absolute Gasteiger partial charge is 0.239 e. The first-order valence-corrected chi connectivity index (χ1v) is 11.3. The van der Waals surface area contributed by atoms with Gasteiger partial charge in [-0.25, -0.2) is 4.98 Å². The summed E-state index contributed by atoms with van der Waals surface area (Å²) in [5.74, 6) is 0.376. The zero-order valence-corrected chi connectivity index (χ0v) is 19.1. The number of thiazole rings is 1. The number of hydrogen-bond donors (Lipinski definition) is 2. The van der Waals surface area contributed by atoms with Crippen LogP contribution in [0.3, 0.4) is 0 Å². The Morgan fingerprint density at radius 3 is 2.80 bits per heavy atom. The Kier molecular flexibility index (Phi) is 7.46. The molecule has 0 saturated carbocycles. The van der Waals surface area contributed by atoms with Gasteiger partial charge in [0, 0.05) is 42.2 Å². The number of carbonyl (C=O) groups excluding carboxylic acids is 2. The Bertz CT molecular complexity index is 1040. The summed E-state index contributed by atoms with van der Waals surface area (Å²) in [4.78, 5) is 28.6. The molecule has 2 aromatic heterocycles. The minimum Gasteiger partial charge on any atom is -0.326 e. The summed E-state index contributed by atoms with van der Waals surface area (Å²) in [7, 11) is 1.82. The molecule has 8 nitrogen and oxygen atoms in total. The second kappa shape index (κ2) is 10.1. The van der Waals surface area contributed by atoms with E-state index in [1.807, 2.05) is 26.1 Å². The molecule has 0 aliphatic heterocycles. The molecule has 2 N–H and O–H groups in total. The summed E-state index contributed by atoms with van der Waals surface area (Å²) in [5, 5.41) is 17.1. The Balaban J connectivity index is 1.52. The average Bonchev–Trinajstić information content (AvgIpc) is 3.33. The number of nitrogens with one attached hydrogen (secondary N) is 2. The van der Waals surface area contributed by atoms with Crippen molar-refractivity contribution in [2.75, 3.05) is 10.6 Å². The highest BCUT2D eigenvalue weighted by atomic mass is 35.5.